The van der Waals surface area contributed by atoms with E-state index in [4.69, 9.17) is 23.2 Å². The van der Waals surface area contributed by atoms with Gasteiger partial charge in [0, 0.05) is 5.02 Å². The van der Waals surface area contributed by atoms with Crippen molar-refractivity contribution >= 4 is 39.1 Å². The lowest BCUT2D eigenvalue weighted by atomic mass is 9.97. The lowest BCUT2D eigenvalue weighted by Crippen LogP contribution is -2.04. The Morgan fingerprint density at radius 1 is 1.26 bits per heavy atom. The summed E-state index contributed by atoms with van der Waals surface area (Å²) in [6.45, 7) is 0. The number of nitriles is 1. The molecule has 0 saturated heterocycles. The molecule has 2 aromatic rings. The maximum atomic E-state index is 13.3. The molecule has 2 rings (SSSR count). The Kier molecular flexibility index (Phi) is 4.35. The van der Waals surface area contributed by atoms with E-state index in [0.29, 0.717) is 11.3 Å². The van der Waals surface area contributed by atoms with Crippen LogP contribution in [0.4, 0.5) is 4.39 Å². The molecule has 1 heterocycles. The second-order valence-electron chi connectivity index (χ2n) is 3.63. The van der Waals surface area contributed by atoms with Gasteiger partial charge in [-0.1, -0.05) is 23.2 Å². The average molecular weight is 361 g/mol. The Bertz CT molecular complexity index is 655. The molecule has 0 aliphatic carbocycles. The first-order chi connectivity index (χ1) is 9.02. The summed E-state index contributed by atoms with van der Waals surface area (Å²) in [7, 11) is 0. The van der Waals surface area contributed by atoms with Crippen molar-refractivity contribution in [2.45, 2.75) is 5.92 Å². The van der Waals surface area contributed by atoms with Gasteiger partial charge in [-0.25, -0.2) is 4.39 Å². The second-order valence-corrected chi connectivity index (χ2v) is 5.28. The maximum absolute atomic E-state index is 13.3. The first kappa shape index (κ1) is 14.2. The molecule has 1 aromatic carbocycles. The highest BCUT2D eigenvalue weighted by Crippen LogP contribution is 2.32. The van der Waals surface area contributed by atoms with Crippen LogP contribution in [0.2, 0.25) is 10.2 Å². The van der Waals surface area contributed by atoms with E-state index in [1.807, 2.05) is 0 Å². The molecule has 0 amide bonds. The summed E-state index contributed by atoms with van der Waals surface area (Å²) in [5, 5.41) is 17.2. The highest BCUT2D eigenvalue weighted by molar-refractivity contribution is 9.10. The van der Waals surface area contributed by atoms with Crippen molar-refractivity contribution in [3.8, 4) is 6.07 Å². The van der Waals surface area contributed by atoms with Gasteiger partial charge in [-0.3, -0.25) is 0 Å². The van der Waals surface area contributed by atoms with E-state index in [1.165, 1.54) is 12.1 Å². The Morgan fingerprint density at radius 2 is 2.00 bits per heavy atom. The Morgan fingerprint density at radius 3 is 2.58 bits per heavy atom. The minimum absolute atomic E-state index is 0.156. The Hall–Kier alpha value is -1.22. The number of halogens is 4. The largest absolute Gasteiger partial charge is 0.206 e. The standard InChI is InChI=1S/C12H5BrCl2FN3/c13-8-3-6(9(14)4-10(8)16)7(5-17)11-1-2-12(15)19-18-11/h1-4,7H. The number of hydrogen-bond donors (Lipinski definition) is 0. The molecule has 1 unspecified atom stereocenters. The van der Waals surface area contributed by atoms with Gasteiger partial charge in [0.25, 0.3) is 0 Å². The molecule has 0 aliphatic rings. The Balaban J connectivity index is 2.52. The van der Waals surface area contributed by atoms with Crippen LogP contribution in [0.5, 0.6) is 0 Å². The third-order valence-electron chi connectivity index (χ3n) is 2.43. The molecule has 0 spiro atoms. The predicted molar refractivity (Wildman–Crippen MR) is 73.6 cm³/mol. The average Bonchev–Trinajstić information content (AvgIpc) is 2.38. The van der Waals surface area contributed by atoms with Gasteiger partial charge in [-0.05, 0) is 45.8 Å². The molecule has 7 heteroatoms. The molecule has 0 radical (unpaired) electrons. The topological polar surface area (TPSA) is 49.6 Å². The van der Waals surface area contributed by atoms with Crippen LogP contribution in [0.25, 0.3) is 0 Å². The monoisotopic (exact) mass is 359 g/mol. The zero-order valence-electron chi connectivity index (χ0n) is 9.24. The van der Waals surface area contributed by atoms with Crippen LogP contribution in [-0.4, -0.2) is 10.2 Å². The van der Waals surface area contributed by atoms with Gasteiger partial charge < -0.3 is 0 Å². The molecule has 1 aromatic heterocycles. The molecule has 1 atom stereocenters. The van der Waals surface area contributed by atoms with Crippen molar-refractivity contribution in [2.24, 2.45) is 0 Å². The van der Waals surface area contributed by atoms with Gasteiger partial charge in [-0.2, -0.15) is 10.4 Å². The molecule has 0 aliphatic heterocycles. The van der Waals surface area contributed by atoms with Gasteiger partial charge in [-0.15, -0.1) is 5.10 Å². The fourth-order valence-corrected chi connectivity index (χ4v) is 2.26. The maximum Gasteiger partial charge on any atom is 0.151 e. The summed E-state index contributed by atoms with van der Waals surface area (Å²) in [6.07, 6.45) is 0. The molecule has 3 nitrogen and oxygen atoms in total. The number of aromatic nitrogens is 2. The lowest BCUT2D eigenvalue weighted by molar-refractivity contribution is 0.620. The second kappa shape index (κ2) is 5.83. The van der Waals surface area contributed by atoms with Gasteiger partial charge in [0.2, 0.25) is 0 Å². The van der Waals surface area contributed by atoms with E-state index >= 15 is 0 Å². The smallest absolute Gasteiger partial charge is 0.151 e. The van der Waals surface area contributed by atoms with E-state index < -0.39 is 11.7 Å². The zero-order chi connectivity index (χ0) is 14.0. The lowest BCUT2D eigenvalue weighted by Gasteiger charge is -2.11. The van der Waals surface area contributed by atoms with E-state index in [2.05, 4.69) is 32.2 Å². The summed E-state index contributed by atoms with van der Waals surface area (Å²) in [5.41, 5.74) is 0.848. The van der Waals surface area contributed by atoms with Crippen molar-refractivity contribution in [3.63, 3.8) is 0 Å². The van der Waals surface area contributed by atoms with E-state index in [1.54, 1.807) is 6.07 Å². The minimum atomic E-state index is -0.742. The SMILES string of the molecule is N#CC(c1ccc(Cl)nn1)c1cc(Br)c(F)cc1Cl. The summed E-state index contributed by atoms with van der Waals surface area (Å²) in [4.78, 5) is 0. The van der Waals surface area contributed by atoms with Crippen LogP contribution < -0.4 is 0 Å². The molecular formula is C12H5BrCl2FN3. The van der Waals surface area contributed by atoms with Gasteiger partial charge in [0.1, 0.15) is 11.7 Å². The highest BCUT2D eigenvalue weighted by atomic mass is 79.9. The third-order valence-corrected chi connectivity index (χ3v) is 3.56. The molecule has 96 valence electrons. The molecule has 0 fully saturated rings. The van der Waals surface area contributed by atoms with Crippen molar-refractivity contribution < 1.29 is 4.39 Å². The van der Waals surface area contributed by atoms with E-state index in [-0.39, 0.29) is 14.6 Å². The molecule has 0 bridgehead atoms. The van der Waals surface area contributed by atoms with Crippen LogP contribution in [-0.2, 0) is 0 Å². The van der Waals surface area contributed by atoms with Crippen LogP contribution in [0.3, 0.4) is 0 Å². The minimum Gasteiger partial charge on any atom is -0.206 e. The quantitative estimate of drug-likeness (QED) is 0.748. The number of benzene rings is 1. The van der Waals surface area contributed by atoms with Crippen molar-refractivity contribution in [2.75, 3.05) is 0 Å². The van der Waals surface area contributed by atoms with E-state index in [0.717, 1.165) is 6.07 Å². The summed E-state index contributed by atoms with van der Waals surface area (Å²) in [6, 6.07) is 7.78. The fourth-order valence-electron chi connectivity index (χ4n) is 1.53. The molecular weight excluding hydrogens is 356 g/mol. The van der Waals surface area contributed by atoms with Crippen molar-refractivity contribution in [1.29, 1.82) is 5.26 Å². The number of hydrogen-bond acceptors (Lipinski definition) is 3. The molecule has 0 N–H and O–H groups in total. The van der Waals surface area contributed by atoms with Crippen LogP contribution >= 0.6 is 39.1 Å². The first-order valence-corrected chi connectivity index (χ1v) is 6.61. The predicted octanol–water partition coefficient (Wildman–Crippen LogP) is 4.34. The van der Waals surface area contributed by atoms with Crippen molar-refractivity contribution in [3.05, 3.63) is 56.0 Å². The normalized spacial score (nSPS) is 11.9. The number of rotatable bonds is 2. The zero-order valence-corrected chi connectivity index (χ0v) is 12.3. The highest BCUT2D eigenvalue weighted by Gasteiger charge is 2.20. The fraction of sp³-hybridized carbons (Fsp3) is 0.0833. The number of nitrogens with zero attached hydrogens (tertiary/aromatic N) is 3. The van der Waals surface area contributed by atoms with Gasteiger partial charge >= 0.3 is 0 Å². The van der Waals surface area contributed by atoms with Gasteiger partial charge in [0.15, 0.2) is 5.15 Å². The summed E-state index contributed by atoms with van der Waals surface area (Å²) in [5.74, 6) is -1.23. The van der Waals surface area contributed by atoms with Gasteiger partial charge in [0.05, 0.1) is 16.2 Å². The Labute approximate surface area is 127 Å². The summed E-state index contributed by atoms with van der Waals surface area (Å²) < 4.78 is 13.6. The van der Waals surface area contributed by atoms with Crippen LogP contribution in [0.1, 0.15) is 17.2 Å². The molecule has 19 heavy (non-hydrogen) atoms. The summed E-state index contributed by atoms with van der Waals surface area (Å²) >= 11 is 14.7. The van der Waals surface area contributed by atoms with E-state index in [9.17, 15) is 9.65 Å². The third kappa shape index (κ3) is 3.03. The molecule has 0 saturated carbocycles. The van der Waals surface area contributed by atoms with Crippen LogP contribution in [0.15, 0.2) is 28.7 Å². The van der Waals surface area contributed by atoms with Crippen molar-refractivity contribution in [1.82, 2.24) is 10.2 Å². The van der Waals surface area contributed by atoms with Crippen LogP contribution in [0, 0.1) is 17.1 Å². The first-order valence-electron chi connectivity index (χ1n) is 5.06.